The van der Waals surface area contributed by atoms with Gasteiger partial charge in [0.25, 0.3) is 0 Å². The molecule has 3 N–H and O–H groups in total. The van der Waals surface area contributed by atoms with Crippen molar-refractivity contribution in [3.8, 4) is 11.4 Å². The lowest BCUT2D eigenvalue weighted by Gasteiger charge is -2.24. The predicted molar refractivity (Wildman–Crippen MR) is 81.4 cm³/mol. The van der Waals surface area contributed by atoms with E-state index in [0.717, 1.165) is 37.3 Å². The normalized spacial score (nSPS) is 15.0. The van der Waals surface area contributed by atoms with Crippen LogP contribution < -0.4 is 10.6 Å². The zero-order valence-electron chi connectivity index (χ0n) is 10.7. The molecule has 110 valence electrons. The molecule has 0 aromatic carbocycles. The van der Waals surface area contributed by atoms with Gasteiger partial charge >= 0.3 is 0 Å². The van der Waals surface area contributed by atoms with Crippen molar-refractivity contribution in [3.63, 3.8) is 0 Å². The highest BCUT2D eigenvalue weighted by molar-refractivity contribution is 5.85. The number of anilines is 1. The molecule has 1 aliphatic rings. The number of aromatic nitrogens is 5. The Morgan fingerprint density at radius 2 is 1.95 bits per heavy atom. The second kappa shape index (κ2) is 7.98. The van der Waals surface area contributed by atoms with Gasteiger partial charge in [-0.1, -0.05) is 0 Å². The lowest BCUT2D eigenvalue weighted by molar-refractivity contribution is 0.478. The summed E-state index contributed by atoms with van der Waals surface area (Å²) in [6.45, 7) is 2.14. The summed E-state index contributed by atoms with van der Waals surface area (Å²) in [7, 11) is 0. The Kier molecular flexibility index (Phi) is 6.63. The van der Waals surface area contributed by atoms with Crippen LogP contribution in [0.25, 0.3) is 11.4 Å². The summed E-state index contributed by atoms with van der Waals surface area (Å²) in [6, 6.07) is 4.41. The van der Waals surface area contributed by atoms with Crippen LogP contribution >= 0.6 is 24.8 Å². The number of nitrogens with one attached hydrogen (secondary N) is 3. The van der Waals surface area contributed by atoms with Gasteiger partial charge in [0, 0.05) is 17.8 Å². The highest BCUT2D eigenvalue weighted by atomic mass is 35.5. The van der Waals surface area contributed by atoms with Crippen molar-refractivity contribution in [2.24, 2.45) is 0 Å². The number of piperidine rings is 1. The van der Waals surface area contributed by atoms with E-state index in [2.05, 4.69) is 36.2 Å². The van der Waals surface area contributed by atoms with E-state index in [1.165, 1.54) is 0 Å². The average Bonchev–Trinajstić information content (AvgIpc) is 2.95. The van der Waals surface area contributed by atoms with Gasteiger partial charge in [0.1, 0.15) is 5.82 Å². The number of halogens is 2. The highest BCUT2D eigenvalue weighted by Gasteiger charge is 2.13. The Balaban J connectivity index is 0.000001000. The molecule has 1 saturated heterocycles. The van der Waals surface area contributed by atoms with Crippen molar-refractivity contribution in [3.05, 3.63) is 18.3 Å². The van der Waals surface area contributed by atoms with Crippen LogP contribution in [0.4, 0.5) is 5.82 Å². The van der Waals surface area contributed by atoms with Crippen LogP contribution in [0, 0.1) is 0 Å². The van der Waals surface area contributed by atoms with Gasteiger partial charge < -0.3 is 10.6 Å². The Labute approximate surface area is 129 Å². The Hall–Kier alpha value is -1.44. The van der Waals surface area contributed by atoms with Crippen LogP contribution in [0.15, 0.2) is 18.3 Å². The average molecular weight is 318 g/mol. The first-order chi connectivity index (χ1) is 8.92. The molecule has 3 rings (SSSR count). The first-order valence-corrected chi connectivity index (χ1v) is 6.09. The van der Waals surface area contributed by atoms with Crippen LogP contribution in [0.1, 0.15) is 12.8 Å². The molecule has 9 heteroatoms. The van der Waals surface area contributed by atoms with Gasteiger partial charge in [-0.15, -0.1) is 35.0 Å². The quantitative estimate of drug-likeness (QED) is 0.789. The molecular formula is C11H17Cl2N7. The number of pyridine rings is 1. The minimum atomic E-state index is 0. The topological polar surface area (TPSA) is 91.4 Å². The lowest BCUT2D eigenvalue weighted by Crippen LogP contribution is -2.35. The first kappa shape index (κ1) is 16.6. The molecular weight excluding hydrogens is 301 g/mol. The summed E-state index contributed by atoms with van der Waals surface area (Å²) in [4.78, 5) is 4.38. The molecule has 3 heterocycles. The van der Waals surface area contributed by atoms with E-state index in [9.17, 15) is 0 Å². The minimum absolute atomic E-state index is 0. The molecule has 0 unspecified atom stereocenters. The molecule has 2 aromatic rings. The zero-order chi connectivity index (χ0) is 12.2. The van der Waals surface area contributed by atoms with Crippen molar-refractivity contribution >= 4 is 30.6 Å². The summed E-state index contributed by atoms with van der Waals surface area (Å²) in [5, 5.41) is 20.6. The van der Waals surface area contributed by atoms with Crippen molar-refractivity contribution in [2.75, 3.05) is 18.4 Å². The molecule has 0 aliphatic carbocycles. The predicted octanol–water partition coefficient (Wildman–Crippen LogP) is 1.27. The Morgan fingerprint density at radius 1 is 1.15 bits per heavy atom. The van der Waals surface area contributed by atoms with Crippen LogP contribution in [0.5, 0.6) is 0 Å². The fraction of sp³-hybridized carbons (Fsp3) is 0.455. The highest BCUT2D eigenvalue weighted by Crippen LogP contribution is 2.16. The minimum Gasteiger partial charge on any atom is -0.367 e. The monoisotopic (exact) mass is 317 g/mol. The van der Waals surface area contributed by atoms with Crippen molar-refractivity contribution < 1.29 is 0 Å². The molecule has 0 radical (unpaired) electrons. The maximum absolute atomic E-state index is 4.38. The number of hydrogen-bond donors (Lipinski definition) is 3. The summed E-state index contributed by atoms with van der Waals surface area (Å²) >= 11 is 0. The van der Waals surface area contributed by atoms with Crippen LogP contribution in [-0.2, 0) is 0 Å². The molecule has 0 atom stereocenters. The number of aromatic amines is 1. The van der Waals surface area contributed by atoms with Gasteiger partial charge in [-0.05, 0) is 43.3 Å². The second-order valence-electron chi connectivity index (χ2n) is 4.34. The van der Waals surface area contributed by atoms with Crippen molar-refractivity contribution in [1.29, 1.82) is 0 Å². The summed E-state index contributed by atoms with van der Waals surface area (Å²) in [6.07, 6.45) is 4.02. The van der Waals surface area contributed by atoms with E-state index in [0.29, 0.717) is 11.9 Å². The standard InChI is InChI=1S/C11H15N7.2ClH/c1-2-10(14-9-3-5-12-6-4-9)13-7-8(1)11-15-17-18-16-11;;/h1-2,7,9,12H,3-6H2,(H,13,14)(H,15,16,17,18);2*1H. The summed E-state index contributed by atoms with van der Waals surface area (Å²) in [5.74, 6) is 1.46. The first-order valence-electron chi connectivity index (χ1n) is 6.09. The molecule has 1 aliphatic heterocycles. The molecule has 1 fully saturated rings. The van der Waals surface area contributed by atoms with Gasteiger partial charge in [0.2, 0.25) is 5.82 Å². The Morgan fingerprint density at radius 3 is 2.55 bits per heavy atom. The van der Waals surface area contributed by atoms with E-state index in [1.807, 2.05) is 12.1 Å². The van der Waals surface area contributed by atoms with Crippen LogP contribution in [-0.4, -0.2) is 44.7 Å². The van der Waals surface area contributed by atoms with Gasteiger partial charge in [-0.2, -0.15) is 5.21 Å². The number of rotatable bonds is 3. The fourth-order valence-corrected chi connectivity index (χ4v) is 2.07. The molecule has 0 bridgehead atoms. The van der Waals surface area contributed by atoms with Crippen LogP contribution in [0.3, 0.4) is 0 Å². The van der Waals surface area contributed by atoms with E-state index < -0.39 is 0 Å². The van der Waals surface area contributed by atoms with Gasteiger partial charge in [0.05, 0.1) is 0 Å². The molecule has 2 aromatic heterocycles. The number of hydrogen-bond acceptors (Lipinski definition) is 6. The fourth-order valence-electron chi connectivity index (χ4n) is 2.07. The number of H-pyrrole nitrogens is 1. The van der Waals surface area contributed by atoms with Crippen LogP contribution in [0.2, 0.25) is 0 Å². The Bertz CT molecular complexity index is 482. The lowest BCUT2D eigenvalue weighted by atomic mass is 10.1. The zero-order valence-corrected chi connectivity index (χ0v) is 12.4. The van der Waals surface area contributed by atoms with E-state index in [-0.39, 0.29) is 24.8 Å². The molecule has 0 saturated carbocycles. The SMILES string of the molecule is Cl.Cl.c1cc(NC2CCNCC2)ncc1-c1nn[nH]n1. The van der Waals surface area contributed by atoms with Gasteiger partial charge in [-0.25, -0.2) is 4.98 Å². The van der Waals surface area contributed by atoms with Gasteiger partial charge in [0.15, 0.2) is 0 Å². The smallest absolute Gasteiger partial charge is 0.206 e. The molecule has 7 nitrogen and oxygen atoms in total. The molecule has 0 spiro atoms. The summed E-state index contributed by atoms with van der Waals surface area (Å²) in [5.41, 5.74) is 0.861. The van der Waals surface area contributed by atoms with E-state index in [1.54, 1.807) is 6.20 Å². The van der Waals surface area contributed by atoms with E-state index >= 15 is 0 Å². The maximum atomic E-state index is 4.38. The third kappa shape index (κ3) is 4.03. The number of tetrazole rings is 1. The third-order valence-electron chi connectivity index (χ3n) is 3.06. The molecule has 20 heavy (non-hydrogen) atoms. The van der Waals surface area contributed by atoms with Gasteiger partial charge in [-0.3, -0.25) is 0 Å². The van der Waals surface area contributed by atoms with Crippen molar-refractivity contribution in [2.45, 2.75) is 18.9 Å². The van der Waals surface area contributed by atoms with E-state index in [4.69, 9.17) is 0 Å². The number of nitrogens with zero attached hydrogens (tertiary/aromatic N) is 4. The largest absolute Gasteiger partial charge is 0.367 e. The third-order valence-corrected chi connectivity index (χ3v) is 3.06. The van der Waals surface area contributed by atoms with Crippen molar-refractivity contribution in [1.82, 2.24) is 30.9 Å². The molecule has 0 amide bonds. The maximum Gasteiger partial charge on any atom is 0.206 e. The summed E-state index contributed by atoms with van der Waals surface area (Å²) < 4.78 is 0. The second-order valence-corrected chi connectivity index (χ2v) is 4.34.